The number of carbonyl (C=O) groups is 1. The van der Waals surface area contributed by atoms with Crippen molar-refractivity contribution in [3.8, 4) is 0 Å². The number of nitrogens with one attached hydrogen (secondary N) is 1. The van der Waals surface area contributed by atoms with Gasteiger partial charge in [0.1, 0.15) is 5.41 Å². The molecule has 2 atom stereocenters. The third kappa shape index (κ3) is 2.67. The van der Waals surface area contributed by atoms with Crippen LogP contribution in [0.15, 0.2) is 18.3 Å². The molecule has 2 unspecified atom stereocenters. The van der Waals surface area contributed by atoms with Gasteiger partial charge in [0.05, 0.1) is 35.4 Å². The van der Waals surface area contributed by atoms with E-state index in [4.69, 9.17) is 9.47 Å². The second-order valence-electron chi connectivity index (χ2n) is 6.70. The first-order chi connectivity index (χ1) is 11.4. The van der Waals surface area contributed by atoms with E-state index in [0.717, 1.165) is 0 Å². The van der Waals surface area contributed by atoms with Crippen LogP contribution in [0.4, 0.5) is 5.69 Å². The van der Waals surface area contributed by atoms with E-state index >= 15 is 0 Å². The average Bonchev–Trinajstić information content (AvgIpc) is 3.46. The Morgan fingerprint density at radius 1 is 1.42 bits per heavy atom. The second kappa shape index (κ2) is 5.42. The number of carbonyl (C=O) groups excluding carboxylic acids is 1. The van der Waals surface area contributed by atoms with Crippen LogP contribution in [0.1, 0.15) is 38.3 Å². The molecule has 1 N–H and O–H groups in total. The molecule has 2 aliphatic carbocycles. The maximum absolute atomic E-state index is 12.6. The summed E-state index contributed by atoms with van der Waals surface area (Å²) in [5.74, 6) is -0.310. The summed E-state index contributed by atoms with van der Waals surface area (Å²) >= 11 is 0. The molecule has 1 aromatic heterocycles. The summed E-state index contributed by atoms with van der Waals surface area (Å²) in [6, 6.07) is 3.26. The number of ether oxygens (including phenoxy) is 2. The van der Waals surface area contributed by atoms with Crippen LogP contribution in [0, 0.1) is 0 Å². The second-order valence-corrected chi connectivity index (χ2v) is 8.66. The molecule has 3 fully saturated rings. The first-order valence-electron chi connectivity index (χ1n) is 8.25. The van der Waals surface area contributed by atoms with Crippen molar-refractivity contribution in [2.45, 2.75) is 55.5 Å². The molecule has 8 heteroatoms. The molecule has 0 radical (unpaired) electrons. The van der Waals surface area contributed by atoms with Gasteiger partial charge in [0.15, 0.2) is 0 Å². The third-order valence-electron chi connectivity index (χ3n) is 4.93. The molecule has 0 aromatic carbocycles. The maximum atomic E-state index is 12.6. The number of rotatable bonds is 6. The van der Waals surface area contributed by atoms with Crippen molar-refractivity contribution in [2.75, 3.05) is 11.3 Å². The Morgan fingerprint density at radius 3 is 2.75 bits per heavy atom. The lowest BCUT2D eigenvalue weighted by molar-refractivity contribution is -0.151. The van der Waals surface area contributed by atoms with Crippen LogP contribution in [0.5, 0.6) is 0 Å². The van der Waals surface area contributed by atoms with E-state index in [1.807, 2.05) is 0 Å². The van der Waals surface area contributed by atoms with Crippen molar-refractivity contribution < 1.29 is 22.7 Å². The standard InChI is InChI=1S/C16H20N2O5S/c1-2-22-15(19)16(8-12-13(9-16)23-12)14-7-10(5-6-17-14)18-24(20,21)11-3-4-11/h5-7,11-13H,2-4,8-9H2,1H3,(H,17,18). The Bertz CT molecular complexity index is 764. The van der Waals surface area contributed by atoms with Gasteiger partial charge in [-0.05, 0) is 44.7 Å². The minimum Gasteiger partial charge on any atom is -0.465 e. The van der Waals surface area contributed by atoms with E-state index in [1.54, 1.807) is 19.1 Å². The molecule has 24 heavy (non-hydrogen) atoms. The molecule has 130 valence electrons. The molecule has 1 aromatic rings. The zero-order chi connectivity index (χ0) is 16.9. The van der Waals surface area contributed by atoms with Crippen molar-refractivity contribution in [3.63, 3.8) is 0 Å². The van der Waals surface area contributed by atoms with Gasteiger partial charge < -0.3 is 9.47 Å². The van der Waals surface area contributed by atoms with Crippen LogP contribution in [0.2, 0.25) is 0 Å². The summed E-state index contributed by atoms with van der Waals surface area (Å²) in [5, 5.41) is -0.305. The highest BCUT2D eigenvalue weighted by molar-refractivity contribution is 7.93. The van der Waals surface area contributed by atoms with Gasteiger partial charge in [-0.15, -0.1) is 0 Å². The van der Waals surface area contributed by atoms with Gasteiger partial charge >= 0.3 is 5.97 Å². The Hall–Kier alpha value is -1.67. The number of hydrogen-bond acceptors (Lipinski definition) is 6. The molecule has 2 heterocycles. The Kier molecular flexibility index (Phi) is 3.58. The zero-order valence-corrected chi connectivity index (χ0v) is 14.2. The molecule has 1 aliphatic heterocycles. The minimum absolute atomic E-state index is 0.0722. The summed E-state index contributed by atoms with van der Waals surface area (Å²) in [6.45, 7) is 2.07. The first kappa shape index (κ1) is 15.8. The summed E-state index contributed by atoms with van der Waals surface area (Å²) in [6.07, 6.45) is 4.13. The molecule has 2 saturated carbocycles. The fourth-order valence-corrected chi connectivity index (χ4v) is 4.82. The number of pyridine rings is 1. The third-order valence-corrected chi connectivity index (χ3v) is 6.80. The molecule has 7 nitrogen and oxygen atoms in total. The SMILES string of the molecule is CCOC(=O)C1(c2cc(NS(=O)(=O)C3CC3)ccn2)CC2OC2C1. The van der Waals surface area contributed by atoms with Crippen molar-refractivity contribution >= 4 is 21.7 Å². The summed E-state index contributed by atoms with van der Waals surface area (Å²) < 4.78 is 37.6. The molecule has 0 spiro atoms. The number of fused-ring (bicyclic) bond motifs is 1. The molecule has 4 rings (SSSR count). The number of esters is 1. The van der Waals surface area contributed by atoms with Crippen LogP contribution in [-0.4, -0.2) is 43.4 Å². The lowest BCUT2D eigenvalue weighted by atomic mass is 9.81. The molecule has 1 saturated heterocycles. The fraction of sp³-hybridized carbons (Fsp3) is 0.625. The van der Waals surface area contributed by atoms with Gasteiger partial charge in [0, 0.05) is 6.20 Å². The summed E-state index contributed by atoms with van der Waals surface area (Å²) in [7, 11) is -3.35. The number of sulfonamides is 1. The predicted octanol–water partition coefficient (Wildman–Crippen LogP) is 1.35. The van der Waals surface area contributed by atoms with Crippen LogP contribution in [-0.2, 0) is 29.7 Å². The van der Waals surface area contributed by atoms with Crippen LogP contribution < -0.4 is 4.72 Å². The molecule has 0 bridgehead atoms. The topological polar surface area (TPSA) is 97.9 Å². The molecular weight excluding hydrogens is 332 g/mol. The van der Waals surface area contributed by atoms with Crippen LogP contribution >= 0.6 is 0 Å². The van der Waals surface area contributed by atoms with Crippen LogP contribution in [0.3, 0.4) is 0 Å². The quantitative estimate of drug-likeness (QED) is 0.613. The number of epoxide rings is 1. The Morgan fingerprint density at radius 2 is 2.12 bits per heavy atom. The van der Waals surface area contributed by atoms with Crippen molar-refractivity contribution in [1.29, 1.82) is 0 Å². The number of anilines is 1. The van der Waals surface area contributed by atoms with Crippen molar-refractivity contribution in [1.82, 2.24) is 4.98 Å². The summed E-state index contributed by atoms with van der Waals surface area (Å²) in [4.78, 5) is 16.9. The van der Waals surface area contributed by atoms with E-state index in [0.29, 0.717) is 43.7 Å². The normalized spacial score (nSPS) is 31.4. The highest BCUT2D eigenvalue weighted by Gasteiger charge is 2.61. The minimum atomic E-state index is -3.35. The number of nitrogens with zero attached hydrogens (tertiary/aromatic N) is 1. The lowest BCUT2D eigenvalue weighted by Gasteiger charge is -2.27. The molecule has 3 aliphatic rings. The fourth-order valence-electron chi connectivity index (χ4n) is 3.44. The van der Waals surface area contributed by atoms with Crippen molar-refractivity contribution in [2.24, 2.45) is 0 Å². The number of hydrogen-bond donors (Lipinski definition) is 1. The zero-order valence-electron chi connectivity index (χ0n) is 13.4. The number of aromatic nitrogens is 1. The van der Waals surface area contributed by atoms with Crippen LogP contribution in [0.25, 0.3) is 0 Å². The van der Waals surface area contributed by atoms with E-state index < -0.39 is 15.4 Å². The van der Waals surface area contributed by atoms with E-state index in [1.165, 1.54) is 6.20 Å². The van der Waals surface area contributed by atoms with Crippen molar-refractivity contribution in [3.05, 3.63) is 24.0 Å². The molecule has 0 amide bonds. The Balaban J connectivity index is 1.64. The van der Waals surface area contributed by atoms with E-state index in [-0.39, 0.29) is 23.4 Å². The first-order valence-corrected chi connectivity index (χ1v) is 9.80. The van der Waals surface area contributed by atoms with Gasteiger partial charge in [-0.3, -0.25) is 14.5 Å². The molecular formula is C16H20N2O5S. The van der Waals surface area contributed by atoms with Gasteiger partial charge in [-0.2, -0.15) is 0 Å². The van der Waals surface area contributed by atoms with Gasteiger partial charge in [-0.1, -0.05) is 0 Å². The maximum Gasteiger partial charge on any atom is 0.318 e. The lowest BCUT2D eigenvalue weighted by Crippen LogP contribution is -2.38. The predicted molar refractivity (Wildman–Crippen MR) is 86.0 cm³/mol. The van der Waals surface area contributed by atoms with E-state index in [2.05, 4.69) is 9.71 Å². The highest BCUT2D eigenvalue weighted by atomic mass is 32.2. The van der Waals surface area contributed by atoms with Gasteiger partial charge in [0.2, 0.25) is 10.0 Å². The van der Waals surface area contributed by atoms with E-state index in [9.17, 15) is 13.2 Å². The average molecular weight is 352 g/mol. The van der Waals surface area contributed by atoms with Gasteiger partial charge in [-0.25, -0.2) is 8.42 Å². The summed E-state index contributed by atoms with van der Waals surface area (Å²) in [5.41, 5.74) is 0.148. The monoisotopic (exact) mass is 352 g/mol. The Labute approximate surface area is 140 Å². The smallest absolute Gasteiger partial charge is 0.318 e. The van der Waals surface area contributed by atoms with Gasteiger partial charge in [0.25, 0.3) is 0 Å². The largest absolute Gasteiger partial charge is 0.465 e. The highest BCUT2D eigenvalue weighted by Crippen LogP contribution is 2.51.